The molecule has 0 fully saturated rings. The van der Waals surface area contributed by atoms with Crippen molar-refractivity contribution in [2.75, 3.05) is 20.6 Å². The Morgan fingerprint density at radius 1 is 1.57 bits per heavy atom. The summed E-state index contributed by atoms with van der Waals surface area (Å²) in [6, 6.07) is 0.429. The van der Waals surface area contributed by atoms with Crippen molar-refractivity contribution >= 4 is 12.2 Å². The first-order valence-electron chi connectivity index (χ1n) is 4.99. The molecule has 4 heteroatoms. The molecule has 1 unspecified atom stereocenters. The molecule has 3 nitrogen and oxygen atoms in total. The first-order valence-corrected chi connectivity index (χ1v) is 5.40. The molecule has 1 N–H and O–H groups in total. The van der Waals surface area contributed by atoms with E-state index in [1.54, 1.807) is 0 Å². The number of hydrogen-bond acceptors (Lipinski definition) is 2. The highest BCUT2D eigenvalue weighted by Crippen LogP contribution is 2.12. The number of likely N-dealkylation sites (N-methyl/N-ethyl adjacent to an activating group) is 1. The van der Waals surface area contributed by atoms with Crippen LogP contribution in [0.2, 0.25) is 0 Å². The Hall–Kier alpha value is -0.610. The molecular weight excluding hydrogens is 194 g/mol. The van der Waals surface area contributed by atoms with Gasteiger partial charge in [-0.2, -0.15) is 0 Å². The molecule has 0 spiro atoms. The Labute approximate surface area is 90.7 Å². The minimum Gasteiger partial charge on any atom is -0.337 e. The van der Waals surface area contributed by atoms with Crippen molar-refractivity contribution in [3.8, 4) is 0 Å². The van der Waals surface area contributed by atoms with Gasteiger partial charge in [-0.1, -0.05) is 6.92 Å². The number of aryl methyl sites for hydroxylation is 1. The van der Waals surface area contributed by atoms with Gasteiger partial charge >= 0.3 is 0 Å². The van der Waals surface area contributed by atoms with Crippen molar-refractivity contribution < 1.29 is 0 Å². The van der Waals surface area contributed by atoms with Crippen molar-refractivity contribution in [3.05, 3.63) is 16.7 Å². The number of aromatic nitrogens is 2. The van der Waals surface area contributed by atoms with Crippen LogP contribution in [0.1, 0.15) is 25.6 Å². The van der Waals surface area contributed by atoms with Crippen LogP contribution in [0.25, 0.3) is 0 Å². The van der Waals surface area contributed by atoms with Gasteiger partial charge in [-0.05, 0) is 39.7 Å². The summed E-state index contributed by atoms with van der Waals surface area (Å²) in [5, 5.41) is 0. The van der Waals surface area contributed by atoms with E-state index in [-0.39, 0.29) is 0 Å². The molecule has 0 saturated carbocycles. The van der Waals surface area contributed by atoms with E-state index in [0.29, 0.717) is 6.04 Å². The summed E-state index contributed by atoms with van der Waals surface area (Å²) in [5.41, 5.74) is 1.28. The predicted molar refractivity (Wildman–Crippen MR) is 62.3 cm³/mol. The van der Waals surface area contributed by atoms with E-state index >= 15 is 0 Å². The van der Waals surface area contributed by atoms with E-state index < -0.39 is 0 Å². The van der Waals surface area contributed by atoms with Crippen LogP contribution in [0, 0.1) is 4.77 Å². The van der Waals surface area contributed by atoms with Crippen LogP contribution < -0.4 is 0 Å². The summed E-state index contributed by atoms with van der Waals surface area (Å²) in [5.74, 6) is 0. The van der Waals surface area contributed by atoms with Gasteiger partial charge in [-0.25, -0.2) is 0 Å². The maximum Gasteiger partial charge on any atom is 0.177 e. The third-order valence-electron chi connectivity index (χ3n) is 2.32. The Bertz CT molecular complexity index is 337. The summed E-state index contributed by atoms with van der Waals surface area (Å²) in [7, 11) is 4.16. The average molecular weight is 213 g/mol. The number of nitrogens with zero attached hydrogens (tertiary/aromatic N) is 2. The molecule has 1 aromatic rings. The lowest BCUT2D eigenvalue weighted by molar-refractivity contribution is 0.332. The van der Waals surface area contributed by atoms with Gasteiger partial charge in [-0.3, -0.25) is 0 Å². The molecule has 0 aliphatic carbocycles. The third kappa shape index (κ3) is 2.45. The molecule has 1 aromatic heterocycles. The average Bonchev–Trinajstić information content (AvgIpc) is 2.45. The molecule has 0 aliphatic heterocycles. The number of aromatic amines is 1. The molecule has 0 aromatic carbocycles. The zero-order valence-corrected chi connectivity index (χ0v) is 10.2. The first kappa shape index (κ1) is 11.5. The first-order chi connectivity index (χ1) is 6.56. The highest BCUT2D eigenvalue weighted by molar-refractivity contribution is 7.71. The maximum absolute atomic E-state index is 5.26. The van der Waals surface area contributed by atoms with Crippen LogP contribution in [-0.2, 0) is 6.42 Å². The van der Waals surface area contributed by atoms with Crippen LogP contribution in [0.4, 0.5) is 0 Å². The van der Waals surface area contributed by atoms with Crippen molar-refractivity contribution in [3.63, 3.8) is 0 Å². The van der Waals surface area contributed by atoms with Crippen molar-refractivity contribution in [2.45, 2.75) is 26.3 Å². The molecule has 1 atom stereocenters. The fourth-order valence-corrected chi connectivity index (χ4v) is 2.14. The topological polar surface area (TPSA) is 24.0 Å². The largest absolute Gasteiger partial charge is 0.337 e. The van der Waals surface area contributed by atoms with Gasteiger partial charge in [0.1, 0.15) is 0 Å². The maximum atomic E-state index is 5.26. The minimum atomic E-state index is 0.429. The van der Waals surface area contributed by atoms with Gasteiger partial charge in [0.15, 0.2) is 4.77 Å². The molecule has 0 aliphatic rings. The monoisotopic (exact) mass is 213 g/mol. The second-order valence-electron chi connectivity index (χ2n) is 3.92. The lowest BCUT2D eigenvalue weighted by atomic mass is 10.3. The van der Waals surface area contributed by atoms with Crippen molar-refractivity contribution in [1.29, 1.82) is 0 Å². The van der Waals surface area contributed by atoms with Crippen LogP contribution in [-0.4, -0.2) is 35.1 Å². The van der Waals surface area contributed by atoms with Crippen molar-refractivity contribution in [2.24, 2.45) is 0 Å². The third-order valence-corrected chi connectivity index (χ3v) is 2.64. The molecule has 0 amide bonds. The summed E-state index contributed by atoms with van der Waals surface area (Å²) in [4.78, 5) is 5.28. The highest BCUT2D eigenvalue weighted by atomic mass is 32.1. The number of H-pyrrole nitrogens is 1. The van der Waals surface area contributed by atoms with E-state index in [9.17, 15) is 0 Å². The number of nitrogens with one attached hydrogen (secondary N) is 1. The number of imidazole rings is 1. The van der Waals surface area contributed by atoms with E-state index in [4.69, 9.17) is 12.2 Å². The summed E-state index contributed by atoms with van der Waals surface area (Å²) in [6.07, 6.45) is 3.03. The van der Waals surface area contributed by atoms with Crippen molar-refractivity contribution in [1.82, 2.24) is 14.5 Å². The molecule has 14 heavy (non-hydrogen) atoms. The molecule has 1 rings (SSSR count). The highest BCUT2D eigenvalue weighted by Gasteiger charge is 2.10. The lowest BCUT2D eigenvalue weighted by Gasteiger charge is -2.20. The molecule has 0 radical (unpaired) electrons. The quantitative estimate of drug-likeness (QED) is 0.776. The summed E-state index contributed by atoms with van der Waals surface area (Å²) >= 11 is 5.26. The normalized spacial score (nSPS) is 13.5. The van der Waals surface area contributed by atoms with Crippen LogP contribution in [0.3, 0.4) is 0 Å². The Balaban J connectivity index is 2.92. The van der Waals surface area contributed by atoms with E-state index in [2.05, 4.69) is 42.4 Å². The molecule has 80 valence electrons. The van der Waals surface area contributed by atoms with Crippen LogP contribution in [0.15, 0.2) is 6.20 Å². The predicted octanol–water partition coefficient (Wildman–Crippen LogP) is 2.23. The van der Waals surface area contributed by atoms with Gasteiger partial charge in [0.2, 0.25) is 0 Å². The van der Waals surface area contributed by atoms with Crippen LogP contribution >= 0.6 is 12.2 Å². The molecule has 0 bridgehead atoms. The Morgan fingerprint density at radius 2 is 2.21 bits per heavy atom. The molecule has 0 saturated heterocycles. The molecular formula is C10H19N3S. The van der Waals surface area contributed by atoms with E-state index in [1.807, 2.05) is 6.20 Å². The van der Waals surface area contributed by atoms with Gasteiger partial charge in [0.05, 0.1) is 0 Å². The minimum absolute atomic E-state index is 0.429. The zero-order chi connectivity index (χ0) is 10.7. The fraction of sp³-hybridized carbons (Fsp3) is 0.700. The summed E-state index contributed by atoms with van der Waals surface area (Å²) in [6.45, 7) is 5.36. The van der Waals surface area contributed by atoms with Gasteiger partial charge in [-0.15, -0.1) is 0 Å². The standard InChI is InChI=1S/C10H19N3S/c1-5-9-6-11-10(14)13(9)8(2)7-12(3)4/h6,8H,5,7H2,1-4H3,(H,11,14). The summed E-state index contributed by atoms with van der Waals surface area (Å²) < 4.78 is 3.03. The van der Waals surface area contributed by atoms with Gasteiger partial charge in [0.25, 0.3) is 0 Å². The smallest absolute Gasteiger partial charge is 0.177 e. The number of rotatable bonds is 4. The lowest BCUT2D eigenvalue weighted by Crippen LogP contribution is -2.23. The second kappa shape index (κ2) is 4.75. The Kier molecular flexibility index (Phi) is 3.89. The molecule has 1 heterocycles. The van der Waals surface area contributed by atoms with Crippen LogP contribution in [0.5, 0.6) is 0 Å². The van der Waals surface area contributed by atoms with Gasteiger partial charge in [0, 0.05) is 24.5 Å². The second-order valence-corrected chi connectivity index (χ2v) is 4.31. The number of hydrogen-bond donors (Lipinski definition) is 1. The van der Waals surface area contributed by atoms with E-state index in [1.165, 1.54) is 5.69 Å². The zero-order valence-electron chi connectivity index (χ0n) is 9.37. The van der Waals surface area contributed by atoms with Gasteiger partial charge < -0.3 is 14.5 Å². The Morgan fingerprint density at radius 3 is 2.71 bits per heavy atom. The SMILES string of the molecule is CCc1c[nH]c(=S)n1C(C)CN(C)C. The fourth-order valence-electron chi connectivity index (χ4n) is 1.78. The van der Waals surface area contributed by atoms with E-state index in [0.717, 1.165) is 17.7 Å².